The van der Waals surface area contributed by atoms with Gasteiger partial charge in [-0.1, -0.05) is 49.1 Å². The summed E-state index contributed by atoms with van der Waals surface area (Å²) < 4.78 is 12.0. The number of hydrogen-bond donors (Lipinski definition) is 1. The monoisotopic (exact) mass is 498 g/mol. The van der Waals surface area contributed by atoms with Crippen LogP contribution < -0.4 is 14.8 Å². The lowest BCUT2D eigenvalue weighted by Gasteiger charge is -2.09. The van der Waals surface area contributed by atoms with Crippen molar-refractivity contribution in [2.24, 2.45) is 0 Å². The Morgan fingerprint density at radius 3 is 2.61 bits per heavy atom. The third-order valence-corrected chi connectivity index (χ3v) is 7.79. The molecule has 0 unspecified atom stereocenters. The Morgan fingerprint density at radius 2 is 1.88 bits per heavy atom. The topological polar surface area (TPSA) is 69.2 Å². The first-order valence-corrected chi connectivity index (χ1v) is 13.3. The maximum absolute atomic E-state index is 5.60. The first-order valence-electron chi connectivity index (χ1n) is 10.6. The van der Waals surface area contributed by atoms with E-state index in [1.807, 2.05) is 25.1 Å². The predicted molar refractivity (Wildman–Crippen MR) is 139 cm³/mol. The third-order valence-electron chi connectivity index (χ3n) is 4.84. The van der Waals surface area contributed by atoms with Gasteiger partial charge in [-0.3, -0.25) is 0 Å². The molecule has 4 aromatic rings. The number of nitrogens with one attached hydrogen (secondary N) is 1. The predicted octanol–water partition coefficient (Wildman–Crippen LogP) is 7.23. The number of rotatable bonds is 10. The largest absolute Gasteiger partial charge is 0.493 e. The molecule has 2 aromatic carbocycles. The van der Waals surface area contributed by atoms with Crippen molar-refractivity contribution >= 4 is 45.3 Å². The van der Waals surface area contributed by atoms with Crippen molar-refractivity contribution in [2.75, 3.05) is 19.0 Å². The van der Waals surface area contributed by atoms with Crippen LogP contribution in [0.2, 0.25) is 0 Å². The number of anilines is 2. The van der Waals surface area contributed by atoms with Crippen molar-refractivity contribution < 1.29 is 9.47 Å². The molecule has 0 aliphatic rings. The Kier molecular flexibility index (Phi) is 7.85. The lowest BCUT2D eigenvalue weighted by atomic mass is 10.0. The Balaban J connectivity index is 1.36. The molecule has 0 radical (unpaired) electrons. The third kappa shape index (κ3) is 6.04. The van der Waals surface area contributed by atoms with Gasteiger partial charge in [0.1, 0.15) is 5.01 Å². The molecular weight excluding hydrogens is 472 g/mol. The Hall–Kier alpha value is -2.62. The summed E-state index contributed by atoms with van der Waals surface area (Å²) >= 11 is 4.81. The highest BCUT2D eigenvalue weighted by Gasteiger charge is 2.12. The Morgan fingerprint density at radius 1 is 1.06 bits per heavy atom. The van der Waals surface area contributed by atoms with Crippen molar-refractivity contribution in [1.29, 1.82) is 0 Å². The van der Waals surface area contributed by atoms with Gasteiger partial charge in [0.25, 0.3) is 0 Å². The molecule has 6 nitrogen and oxygen atoms in total. The molecule has 1 N–H and O–H groups in total. The van der Waals surface area contributed by atoms with Crippen LogP contribution in [0.15, 0.2) is 52.2 Å². The summed E-state index contributed by atoms with van der Waals surface area (Å²) in [6.45, 7) is 6.94. The minimum absolute atomic E-state index is 0.520. The molecule has 9 heteroatoms. The van der Waals surface area contributed by atoms with Gasteiger partial charge in [0.2, 0.25) is 5.13 Å². The molecule has 2 heterocycles. The number of methoxy groups -OCH3 is 1. The Bertz CT molecular complexity index is 1190. The van der Waals surface area contributed by atoms with Gasteiger partial charge in [-0.15, -0.1) is 21.5 Å². The number of nitrogens with zero attached hydrogens (tertiary/aromatic N) is 3. The zero-order valence-electron chi connectivity index (χ0n) is 19.0. The van der Waals surface area contributed by atoms with E-state index >= 15 is 0 Å². The average Bonchev–Trinajstić information content (AvgIpc) is 3.48. The van der Waals surface area contributed by atoms with Crippen LogP contribution >= 0.6 is 34.4 Å². The van der Waals surface area contributed by atoms with Gasteiger partial charge in [-0.2, -0.15) is 0 Å². The van der Waals surface area contributed by atoms with E-state index in [-0.39, 0.29) is 0 Å². The summed E-state index contributed by atoms with van der Waals surface area (Å²) in [5, 5.41) is 15.7. The zero-order valence-corrected chi connectivity index (χ0v) is 21.4. The van der Waals surface area contributed by atoms with E-state index in [1.165, 1.54) is 5.56 Å². The molecule has 2 aromatic heterocycles. The standard InChI is InChI=1S/C24H26N4O2S3/c1-5-30-20-11-8-17(12-21(20)29-4)22-25-19(13-31-22)14-32-24-28-27-23(33-24)26-18-9-6-16(7-10-18)15(2)3/h6-13,15H,5,14H2,1-4H3,(H,26,27). The minimum atomic E-state index is 0.520. The molecule has 0 aliphatic carbocycles. The normalized spacial score (nSPS) is 11.1. The SMILES string of the molecule is CCOc1ccc(-c2nc(CSc3nnc(Nc4ccc(C(C)C)cc4)s3)cs2)cc1OC. The second-order valence-corrected chi connectivity index (χ2v) is 10.6. The fourth-order valence-corrected chi connectivity index (χ4v) is 5.70. The molecule has 33 heavy (non-hydrogen) atoms. The Labute approximate surface area is 206 Å². The summed E-state index contributed by atoms with van der Waals surface area (Å²) in [7, 11) is 1.65. The minimum Gasteiger partial charge on any atom is -0.493 e. The molecule has 0 bridgehead atoms. The molecule has 0 fully saturated rings. The fraction of sp³-hybridized carbons (Fsp3) is 0.292. The van der Waals surface area contributed by atoms with Crippen LogP contribution in [-0.4, -0.2) is 28.9 Å². The van der Waals surface area contributed by atoms with E-state index in [2.05, 4.69) is 59.0 Å². The first kappa shape index (κ1) is 23.5. The lowest BCUT2D eigenvalue weighted by Crippen LogP contribution is -1.95. The van der Waals surface area contributed by atoms with Crippen molar-refractivity contribution in [3.8, 4) is 22.1 Å². The molecular formula is C24H26N4O2S3. The van der Waals surface area contributed by atoms with E-state index < -0.39 is 0 Å². The molecule has 0 saturated heterocycles. The van der Waals surface area contributed by atoms with Crippen LogP contribution in [-0.2, 0) is 5.75 Å². The van der Waals surface area contributed by atoms with Crippen LogP contribution in [0.25, 0.3) is 10.6 Å². The molecule has 0 aliphatic heterocycles. The van der Waals surface area contributed by atoms with E-state index in [0.717, 1.165) is 42.9 Å². The fourth-order valence-electron chi connectivity index (χ4n) is 3.11. The zero-order chi connectivity index (χ0) is 23.2. The maximum atomic E-state index is 5.60. The molecule has 4 rings (SSSR count). The highest BCUT2D eigenvalue weighted by Crippen LogP contribution is 2.35. The van der Waals surface area contributed by atoms with E-state index in [1.54, 1.807) is 41.5 Å². The van der Waals surface area contributed by atoms with E-state index in [9.17, 15) is 0 Å². The summed E-state index contributed by atoms with van der Waals surface area (Å²) in [4.78, 5) is 4.79. The van der Waals surface area contributed by atoms with Crippen LogP contribution in [0, 0.1) is 0 Å². The molecule has 0 atom stereocenters. The van der Waals surface area contributed by atoms with Gasteiger partial charge >= 0.3 is 0 Å². The number of hydrogen-bond acceptors (Lipinski definition) is 9. The van der Waals surface area contributed by atoms with E-state index in [0.29, 0.717) is 18.3 Å². The highest BCUT2D eigenvalue weighted by molar-refractivity contribution is 8.00. The van der Waals surface area contributed by atoms with Crippen molar-refractivity contribution in [3.63, 3.8) is 0 Å². The molecule has 172 valence electrons. The second kappa shape index (κ2) is 11.0. The number of aromatic nitrogens is 3. The lowest BCUT2D eigenvalue weighted by molar-refractivity contribution is 0.311. The van der Waals surface area contributed by atoms with Crippen molar-refractivity contribution in [2.45, 2.75) is 36.8 Å². The second-order valence-electron chi connectivity index (χ2n) is 7.51. The van der Waals surface area contributed by atoms with Gasteiger partial charge in [0.05, 0.1) is 19.4 Å². The van der Waals surface area contributed by atoms with Crippen LogP contribution in [0.4, 0.5) is 10.8 Å². The summed E-state index contributed by atoms with van der Waals surface area (Å²) in [6.07, 6.45) is 0. The first-order chi connectivity index (χ1) is 16.1. The number of ether oxygens (including phenoxy) is 2. The smallest absolute Gasteiger partial charge is 0.210 e. The highest BCUT2D eigenvalue weighted by atomic mass is 32.2. The van der Waals surface area contributed by atoms with Gasteiger partial charge in [0, 0.05) is 22.4 Å². The van der Waals surface area contributed by atoms with Gasteiger partial charge < -0.3 is 14.8 Å². The molecule has 0 saturated carbocycles. The van der Waals surface area contributed by atoms with E-state index in [4.69, 9.17) is 14.5 Å². The van der Waals surface area contributed by atoms with Gasteiger partial charge in [-0.25, -0.2) is 4.98 Å². The number of thioether (sulfide) groups is 1. The molecule has 0 amide bonds. The summed E-state index contributed by atoms with van der Waals surface area (Å²) in [6, 6.07) is 14.4. The van der Waals surface area contributed by atoms with Crippen LogP contribution in [0.3, 0.4) is 0 Å². The average molecular weight is 499 g/mol. The van der Waals surface area contributed by atoms with Crippen molar-refractivity contribution in [1.82, 2.24) is 15.2 Å². The number of benzene rings is 2. The summed E-state index contributed by atoms with van der Waals surface area (Å²) in [5.41, 5.74) is 4.37. The van der Waals surface area contributed by atoms with Gasteiger partial charge in [-0.05, 0) is 48.7 Å². The summed E-state index contributed by atoms with van der Waals surface area (Å²) in [5.74, 6) is 2.72. The number of thiazole rings is 1. The maximum Gasteiger partial charge on any atom is 0.210 e. The van der Waals surface area contributed by atoms with Crippen LogP contribution in [0.1, 0.15) is 37.9 Å². The quantitative estimate of drug-likeness (QED) is 0.231. The van der Waals surface area contributed by atoms with Crippen LogP contribution in [0.5, 0.6) is 11.5 Å². The van der Waals surface area contributed by atoms with Gasteiger partial charge in [0.15, 0.2) is 15.8 Å². The molecule has 0 spiro atoms. The van der Waals surface area contributed by atoms with Crippen molar-refractivity contribution in [3.05, 3.63) is 59.1 Å².